The van der Waals surface area contributed by atoms with Crippen LogP contribution in [0, 0.1) is 6.92 Å². The molecule has 0 bridgehead atoms. The molecule has 0 unspecified atom stereocenters. The van der Waals surface area contributed by atoms with Gasteiger partial charge in [-0.15, -0.1) is 0 Å². The maximum Gasteiger partial charge on any atom is 0.200 e. The van der Waals surface area contributed by atoms with Crippen LogP contribution in [-0.2, 0) is 0 Å². The monoisotopic (exact) mass is 294 g/mol. The van der Waals surface area contributed by atoms with Crippen molar-refractivity contribution in [3.63, 3.8) is 0 Å². The van der Waals surface area contributed by atoms with Gasteiger partial charge in [-0.1, -0.05) is 47.5 Å². The molecule has 0 aliphatic carbocycles. The molecule has 2 rings (SSSR count). The first-order valence-electron chi connectivity index (χ1n) is 5.74. The maximum absolute atomic E-state index is 12.0. The summed E-state index contributed by atoms with van der Waals surface area (Å²) in [4.78, 5) is 12.0. The number of ketones is 1. The van der Waals surface area contributed by atoms with Gasteiger partial charge < -0.3 is 4.74 Å². The smallest absolute Gasteiger partial charge is 0.200 e. The van der Waals surface area contributed by atoms with Crippen molar-refractivity contribution in [2.75, 3.05) is 6.61 Å². The minimum atomic E-state index is -0.0656. The summed E-state index contributed by atoms with van der Waals surface area (Å²) in [7, 11) is 0. The molecule has 2 aromatic rings. The quantitative estimate of drug-likeness (QED) is 0.773. The summed E-state index contributed by atoms with van der Waals surface area (Å²) < 4.78 is 5.42. The van der Waals surface area contributed by atoms with Gasteiger partial charge in [0.05, 0.1) is 10.0 Å². The molecule has 2 nitrogen and oxygen atoms in total. The van der Waals surface area contributed by atoms with E-state index in [9.17, 15) is 4.79 Å². The molecule has 0 aliphatic heterocycles. The summed E-state index contributed by atoms with van der Waals surface area (Å²) in [6, 6.07) is 12.3. The van der Waals surface area contributed by atoms with Crippen molar-refractivity contribution in [1.82, 2.24) is 0 Å². The molecular formula is C15H12Cl2O2. The van der Waals surface area contributed by atoms with E-state index < -0.39 is 0 Å². The predicted molar refractivity (Wildman–Crippen MR) is 77.5 cm³/mol. The van der Waals surface area contributed by atoms with E-state index in [0.29, 0.717) is 21.4 Å². The van der Waals surface area contributed by atoms with E-state index in [1.165, 1.54) is 0 Å². The van der Waals surface area contributed by atoms with Gasteiger partial charge in [0.2, 0.25) is 0 Å². The summed E-state index contributed by atoms with van der Waals surface area (Å²) in [6.07, 6.45) is 0. The van der Waals surface area contributed by atoms with E-state index in [2.05, 4.69) is 0 Å². The second-order valence-electron chi connectivity index (χ2n) is 4.10. The van der Waals surface area contributed by atoms with E-state index in [4.69, 9.17) is 27.9 Å². The van der Waals surface area contributed by atoms with Crippen molar-refractivity contribution in [3.05, 3.63) is 63.6 Å². The second kappa shape index (κ2) is 6.09. The highest BCUT2D eigenvalue weighted by Crippen LogP contribution is 2.26. The number of hydrogen-bond acceptors (Lipinski definition) is 2. The van der Waals surface area contributed by atoms with Crippen LogP contribution in [0.4, 0.5) is 0 Å². The van der Waals surface area contributed by atoms with E-state index in [0.717, 1.165) is 5.56 Å². The number of rotatable bonds is 4. The van der Waals surface area contributed by atoms with Crippen LogP contribution in [0.2, 0.25) is 10.0 Å². The zero-order valence-corrected chi connectivity index (χ0v) is 11.8. The molecule has 0 N–H and O–H groups in total. The first kappa shape index (κ1) is 13.9. The van der Waals surface area contributed by atoms with Gasteiger partial charge in [-0.3, -0.25) is 4.79 Å². The molecule has 0 amide bonds. The van der Waals surface area contributed by atoms with Crippen molar-refractivity contribution in [2.24, 2.45) is 0 Å². The normalized spacial score (nSPS) is 10.3. The molecule has 98 valence electrons. The molecule has 19 heavy (non-hydrogen) atoms. The number of hydrogen-bond donors (Lipinski definition) is 0. The third-order valence-corrected chi connectivity index (χ3v) is 3.45. The Morgan fingerprint density at radius 3 is 2.53 bits per heavy atom. The molecule has 0 saturated heterocycles. The van der Waals surface area contributed by atoms with Gasteiger partial charge in [0.1, 0.15) is 5.75 Å². The standard InChI is InChI=1S/C15H12Cl2O2/c1-10-4-2-3-5-12(10)15(18)9-19-11-6-7-13(16)14(17)8-11/h2-8H,9H2,1H3. The fourth-order valence-corrected chi connectivity index (χ4v) is 1.97. The zero-order chi connectivity index (χ0) is 13.8. The summed E-state index contributed by atoms with van der Waals surface area (Å²) in [5, 5.41) is 0.863. The molecular weight excluding hydrogens is 283 g/mol. The number of halogens is 2. The van der Waals surface area contributed by atoms with Gasteiger partial charge in [-0.25, -0.2) is 0 Å². The van der Waals surface area contributed by atoms with Crippen LogP contribution in [0.3, 0.4) is 0 Å². The lowest BCUT2D eigenvalue weighted by Crippen LogP contribution is -2.12. The first-order chi connectivity index (χ1) is 9.08. The van der Waals surface area contributed by atoms with Gasteiger partial charge in [-0.05, 0) is 24.6 Å². The Morgan fingerprint density at radius 1 is 1.11 bits per heavy atom. The molecule has 0 aliphatic rings. The highest BCUT2D eigenvalue weighted by atomic mass is 35.5. The van der Waals surface area contributed by atoms with Crippen molar-refractivity contribution in [3.8, 4) is 5.75 Å². The van der Waals surface area contributed by atoms with Crippen LogP contribution in [0.25, 0.3) is 0 Å². The molecule has 0 radical (unpaired) electrons. The summed E-state index contributed by atoms with van der Waals surface area (Å²) in [5.74, 6) is 0.459. The molecule has 0 heterocycles. The number of ether oxygens (including phenoxy) is 1. The highest BCUT2D eigenvalue weighted by Gasteiger charge is 2.09. The van der Waals surface area contributed by atoms with Crippen molar-refractivity contribution in [1.29, 1.82) is 0 Å². The van der Waals surface area contributed by atoms with Crippen molar-refractivity contribution < 1.29 is 9.53 Å². The lowest BCUT2D eigenvalue weighted by Gasteiger charge is -2.08. The van der Waals surface area contributed by atoms with E-state index >= 15 is 0 Å². The largest absolute Gasteiger partial charge is 0.485 e. The third kappa shape index (κ3) is 3.49. The number of Topliss-reactive ketones (excluding diaryl/α,β-unsaturated/α-hetero) is 1. The third-order valence-electron chi connectivity index (χ3n) is 2.71. The Labute approximate surface area is 121 Å². The Kier molecular flexibility index (Phi) is 4.46. The average molecular weight is 295 g/mol. The average Bonchev–Trinajstić information content (AvgIpc) is 2.40. The molecule has 2 aromatic carbocycles. The van der Waals surface area contributed by atoms with Gasteiger partial charge in [0.15, 0.2) is 12.4 Å². The topological polar surface area (TPSA) is 26.3 Å². The van der Waals surface area contributed by atoms with Gasteiger partial charge in [-0.2, -0.15) is 0 Å². The lowest BCUT2D eigenvalue weighted by molar-refractivity contribution is 0.0921. The van der Waals surface area contributed by atoms with Crippen LogP contribution in [0.5, 0.6) is 5.75 Å². The highest BCUT2D eigenvalue weighted by molar-refractivity contribution is 6.42. The van der Waals surface area contributed by atoms with E-state index in [1.54, 1.807) is 24.3 Å². The molecule has 0 saturated carbocycles. The van der Waals surface area contributed by atoms with Gasteiger partial charge in [0.25, 0.3) is 0 Å². The van der Waals surface area contributed by atoms with Crippen molar-refractivity contribution >= 4 is 29.0 Å². The summed E-state index contributed by atoms with van der Waals surface area (Å²) in [5.41, 5.74) is 1.60. The molecule has 0 fully saturated rings. The van der Waals surface area contributed by atoms with Gasteiger partial charge in [0, 0.05) is 11.6 Å². The minimum absolute atomic E-state index is 0.0250. The summed E-state index contributed by atoms with van der Waals surface area (Å²) in [6.45, 7) is 1.87. The zero-order valence-electron chi connectivity index (χ0n) is 10.3. The van der Waals surface area contributed by atoms with Crippen LogP contribution in [0.1, 0.15) is 15.9 Å². The lowest BCUT2D eigenvalue weighted by atomic mass is 10.1. The Bertz CT molecular complexity index is 609. The fraction of sp³-hybridized carbons (Fsp3) is 0.133. The molecule has 4 heteroatoms. The van der Waals surface area contributed by atoms with E-state index in [-0.39, 0.29) is 12.4 Å². The second-order valence-corrected chi connectivity index (χ2v) is 4.92. The van der Waals surface area contributed by atoms with Crippen LogP contribution < -0.4 is 4.74 Å². The molecule has 0 aromatic heterocycles. The number of aryl methyl sites for hydroxylation is 1. The van der Waals surface area contributed by atoms with Gasteiger partial charge >= 0.3 is 0 Å². The minimum Gasteiger partial charge on any atom is -0.485 e. The fourth-order valence-electron chi connectivity index (χ4n) is 1.68. The number of carbonyl (C=O) groups is 1. The predicted octanol–water partition coefficient (Wildman–Crippen LogP) is 4.56. The maximum atomic E-state index is 12.0. The Hall–Kier alpha value is -1.51. The summed E-state index contributed by atoms with van der Waals surface area (Å²) >= 11 is 11.7. The van der Waals surface area contributed by atoms with Crippen LogP contribution in [-0.4, -0.2) is 12.4 Å². The number of benzene rings is 2. The first-order valence-corrected chi connectivity index (χ1v) is 6.50. The molecule has 0 atom stereocenters. The molecule has 0 spiro atoms. The Morgan fingerprint density at radius 2 is 1.84 bits per heavy atom. The van der Waals surface area contributed by atoms with E-state index in [1.807, 2.05) is 25.1 Å². The van der Waals surface area contributed by atoms with Crippen LogP contribution in [0.15, 0.2) is 42.5 Å². The van der Waals surface area contributed by atoms with Crippen LogP contribution >= 0.6 is 23.2 Å². The number of carbonyl (C=O) groups excluding carboxylic acids is 1. The SMILES string of the molecule is Cc1ccccc1C(=O)COc1ccc(Cl)c(Cl)c1. The van der Waals surface area contributed by atoms with Crippen molar-refractivity contribution in [2.45, 2.75) is 6.92 Å². The Balaban J connectivity index is 2.04.